The summed E-state index contributed by atoms with van der Waals surface area (Å²) >= 11 is 0. The van der Waals surface area contributed by atoms with E-state index in [-0.39, 0.29) is 6.54 Å². The molecule has 6 heteroatoms. The predicted octanol–water partition coefficient (Wildman–Crippen LogP) is 0.882. The van der Waals surface area contributed by atoms with Crippen LogP contribution in [0, 0.1) is 6.92 Å². The fourth-order valence-corrected chi connectivity index (χ4v) is 1.47. The first-order chi connectivity index (χ1) is 8.15. The van der Waals surface area contributed by atoms with Gasteiger partial charge in [0.1, 0.15) is 12.3 Å². The van der Waals surface area contributed by atoms with E-state index >= 15 is 0 Å². The second-order valence-corrected chi connectivity index (χ2v) is 3.77. The highest BCUT2D eigenvalue weighted by molar-refractivity contribution is 5.73. The van der Waals surface area contributed by atoms with Crippen molar-refractivity contribution in [2.75, 3.05) is 5.32 Å². The Morgan fingerprint density at radius 1 is 1.65 bits per heavy atom. The van der Waals surface area contributed by atoms with Gasteiger partial charge in [0, 0.05) is 6.20 Å². The number of aromatic nitrogens is 2. The summed E-state index contributed by atoms with van der Waals surface area (Å²) in [7, 11) is 0. The van der Waals surface area contributed by atoms with E-state index in [1.54, 1.807) is 18.7 Å². The third kappa shape index (κ3) is 2.87. The van der Waals surface area contributed by atoms with Crippen LogP contribution in [0.1, 0.15) is 11.3 Å². The zero-order valence-electron chi connectivity index (χ0n) is 9.51. The molecule has 2 aromatic heterocycles. The molecule has 0 aromatic carbocycles. The zero-order valence-corrected chi connectivity index (χ0v) is 9.51. The Hall–Kier alpha value is -2.24. The van der Waals surface area contributed by atoms with Crippen molar-refractivity contribution in [1.82, 2.24) is 9.78 Å². The van der Waals surface area contributed by atoms with Crippen LogP contribution in [0.15, 0.2) is 29.1 Å². The molecular weight excluding hydrogens is 220 g/mol. The molecule has 2 aromatic rings. The molecule has 0 spiro atoms. The van der Waals surface area contributed by atoms with Crippen molar-refractivity contribution in [1.29, 1.82) is 0 Å². The van der Waals surface area contributed by atoms with Gasteiger partial charge < -0.3 is 15.5 Å². The summed E-state index contributed by atoms with van der Waals surface area (Å²) in [4.78, 5) is 10.7. The molecule has 1 amide bonds. The van der Waals surface area contributed by atoms with E-state index in [2.05, 4.69) is 10.4 Å². The molecule has 2 heterocycles. The van der Waals surface area contributed by atoms with Crippen molar-refractivity contribution in [3.63, 3.8) is 0 Å². The standard InChI is InChI=1S/C11H14N4O2/c1-8-2-3-17-10(8)5-13-9-4-14-15(6-9)7-11(12)16/h2-4,6,13H,5,7H2,1H3,(H2,12,16). The zero-order chi connectivity index (χ0) is 12.3. The minimum Gasteiger partial charge on any atom is -0.467 e. The number of primary amides is 1. The van der Waals surface area contributed by atoms with E-state index in [1.807, 2.05) is 13.0 Å². The van der Waals surface area contributed by atoms with Crippen molar-refractivity contribution in [3.05, 3.63) is 36.0 Å². The molecule has 2 rings (SSSR count). The number of carbonyl (C=O) groups is 1. The van der Waals surface area contributed by atoms with E-state index in [0.717, 1.165) is 17.0 Å². The molecule has 0 bridgehead atoms. The van der Waals surface area contributed by atoms with Gasteiger partial charge in [-0.1, -0.05) is 0 Å². The highest BCUT2D eigenvalue weighted by atomic mass is 16.3. The number of furan rings is 1. The molecular formula is C11H14N4O2. The number of rotatable bonds is 5. The summed E-state index contributed by atoms with van der Waals surface area (Å²) in [6, 6.07) is 1.91. The number of amides is 1. The van der Waals surface area contributed by atoms with Crippen LogP contribution in [0.2, 0.25) is 0 Å². The molecule has 0 fully saturated rings. The molecule has 90 valence electrons. The quantitative estimate of drug-likeness (QED) is 0.804. The molecule has 0 aliphatic rings. The summed E-state index contributed by atoms with van der Waals surface area (Å²) in [5.41, 5.74) is 6.99. The van der Waals surface area contributed by atoms with Gasteiger partial charge in [-0.3, -0.25) is 9.48 Å². The number of hydrogen-bond acceptors (Lipinski definition) is 4. The molecule has 0 unspecified atom stereocenters. The van der Waals surface area contributed by atoms with Gasteiger partial charge in [-0.05, 0) is 18.6 Å². The number of anilines is 1. The Bertz CT molecular complexity index is 515. The minimum absolute atomic E-state index is 0.0848. The molecule has 3 N–H and O–H groups in total. The van der Waals surface area contributed by atoms with Crippen LogP contribution in [0.5, 0.6) is 0 Å². The van der Waals surface area contributed by atoms with Crippen LogP contribution in [0.25, 0.3) is 0 Å². The highest BCUT2D eigenvalue weighted by Gasteiger charge is 2.04. The van der Waals surface area contributed by atoms with Crippen molar-refractivity contribution in [3.8, 4) is 0 Å². The van der Waals surface area contributed by atoms with E-state index < -0.39 is 5.91 Å². The Morgan fingerprint density at radius 3 is 3.12 bits per heavy atom. The number of hydrogen-bond donors (Lipinski definition) is 2. The van der Waals surface area contributed by atoms with Crippen LogP contribution < -0.4 is 11.1 Å². The van der Waals surface area contributed by atoms with Crippen LogP contribution in [-0.4, -0.2) is 15.7 Å². The van der Waals surface area contributed by atoms with Gasteiger partial charge in [0.05, 0.1) is 24.7 Å². The average molecular weight is 234 g/mol. The Kier molecular flexibility index (Phi) is 3.13. The third-order valence-corrected chi connectivity index (χ3v) is 2.37. The van der Waals surface area contributed by atoms with Gasteiger partial charge in [0.15, 0.2) is 0 Å². The first kappa shape index (κ1) is 11.3. The maximum absolute atomic E-state index is 10.7. The third-order valence-electron chi connectivity index (χ3n) is 2.37. The van der Waals surface area contributed by atoms with Crippen LogP contribution in [0.3, 0.4) is 0 Å². The van der Waals surface area contributed by atoms with Crippen LogP contribution in [0.4, 0.5) is 5.69 Å². The van der Waals surface area contributed by atoms with E-state index in [0.29, 0.717) is 6.54 Å². The van der Waals surface area contributed by atoms with Gasteiger partial charge in [0.2, 0.25) is 5.91 Å². The first-order valence-corrected chi connectivity index (χ1v) is 5.23. The summed E-state index contributed by atoms with van der Waals surface area (Å²) in [5.74, 6) is 0.467. The predicted molar refractivity (Wildman–Crippen MR) is 62.2 cm³/mol. The average Bonchev–Trinajstić information content (AvgIpc) is 2.84. The molecule has 0 aliphatic carbocycles. The largest absolute Gasteiger partial charge is 0.467 e. The number of carbonyl (C=O) groups excluding carboxylic acids is 1. The fourth-order valence-electron chi connectivity index (χ4n) is 1.47. The Balaban J connectivity index is 1.93. The van der Waals surface area contributed by atoms with E-state index in [4.69, 9.17) is 10.2 Å². The lowest BCUT2D eigenvalue weighted by Crippen LogP contribution is -2.18. The van der Waals surface area contributed by atoms with Crippen molar-refractivity contribution in [2.45, 2.75) is 20.0 Å². The lowest BCUT2D eigenvalue weighted by molar-refractivity contribution is -0.118. The molecule has 0 saturated heterocycles. The first-order valence-electron chi connectivity index (χ1n) is 5.23. The monoisotopic (exact) mass is 234 g/mol. The van der Waals surface area contributed by atoms with Gasteiger partial charge >= 0.3 is 0 Å². The number of nitrogens with two attached hydrogens (primary N) is 1. The maximum Gasteiger partial charge on any atom is 0.239 e. The number of nitrogens with one attached hydrogen (secondary N) is 1. The lowest BCUT2D eigenvalue weighted by atomic mass is 10.3. The van der Waals surface area contributed by atoms with E-state index in [9.17, 15) is 4.79 Å². The second kappa shape index (κ2) is 4.73. The summed E-state index contributed by atoms with van der Waals surface area (Å²) < 4.78 is 6.78. The lowest BCUT2D eigenvalue weighted by Gasteiger charge is -2.01. The summed E-state index contributed by atoms with van der Waals surface area (Å²) in [6.45, 7) is 2.65. The Morgan fingerprint density at radius 2 is 2.47 bits per heavy atom. The van der Waals surface area contributed by atoms with Gasteiger partial charge in [-0.15, -0.1) is 0 Å². The smallest absolute Gasteiger partial charge is 0.239 e. The van der Waals surface area contributed by atoms with Crippen molar-refractivity contribution < 1.29 is 9.21 Å². The summed E-state index contributed by atoms with van der Waals surface area (Å²) in [6.07, 6.45) is 5.02. The van der Waals surface area contributed by atoms with Gasteiger partial charge in [0.25, 0.3) is 0 Å². The number of aryl methyl sites for hydroxylation is 1. The molecule has 6 nitrogen and oxygen atoms in total. The number of nitrogens with zero attached hydrogens (tertiary/aromatic N) is 2. The molecule has 0 radical (unpaired) electrons. The highest BCUT2D eigenvalue weighted by Crippen LogP contribution is 2.12. The maximum atomic E-state index is 10.7. The fraction of sp³-hybridized carbons (Fsp3) is 0.273. The molecule has 17 heavy (non-hydrogen) atoms. The minimum atomic E-state index is -0.415. The molecule has 0 aliphatic heterocycles. The van der Waals surface area contributed by atoms with Gasteiger partial charge in [-0.2, -0.15) is 5.10 Å². The topological polar surface area (TPSA) is 86.1 Å². The van der Waals surface area contributed by atoms with Crippen molar-refractivity contribution >= 4 is 11.6 Å². The summed E-state index contributed by atoms with van der Waals surface area (Å²) in [5, 5.41) is 7.15. The van der Waals surface area contributed by atoms with Crippen LogP contribution >= 0.6 is 0 Å². The van der Waals surface area contributed by atoms with E-state index in [1.165, 1.54) is 4.68 Å². The Labute approximate surface area is 98.4 Å². The normalized spacial score (nSPS) is 10.4. The van der Waals surface area contributed by atoms with Gasteiger partial charge in [-0.25, -0.2) is 0 Å². The van der Waals surface area contributed by atoms with Crippen molar-refractivity contribution in [2.24, 2.45) is 5.73 Å². The molecule has 0 atom stereocenters. The van der Waals surface area contributed by atoms with Crippen LogP contribution in [-0.2, 0) is 17.9 Å². The second-order valence-electron chi connectivity index (χ2n) is 3.77. The SMILES string of the molecule is Cc1ccoc1CNc1cnn(CC(N)=O)c1. The molecule has 0 saturated carbocycles.